The van der Waals surface area contributed by atoms with Gasteiger partial charge >= 0.3 is 0 Å². The molecule has 0 radical (unpaired) electrons. The summed E-state index contributed by atoms with van der Waals surface area (Å²) in [7, 11) is 0. The van der Waals surface area contributed by atoms with Gasteiger partial charge in [0.25, 0.3) is 0 Å². The number of hydrogen-bond donors (Lipinski definition) is 1. The van der Waals surface area contributed by atoms with Crippen LogP contribution < -0.4 is 5.32 Å². The monoisotopic (exact) mass is 250 g/mol. The van der Waals surface area contributed by atoms with Gasteiger partial charge in [-0.25, -0.2) is 0 Å². The largest absolute Gasteiger partial charge is 0.351 e. The van der Waals surface area contributed by atoms with Crippen molar-refractivity contribution in [3.63, 3.8) is 0 Å². The molecule has 0 aromatic carbocycles. The molecule has 2 aliphatic carbocycles. The Morgan fingerprint density at radius 2 is 1.67 bits per heavy atom. The molecule has 2 saturated carbocycles. The van der Waals surface area contributed by atoms with Crippen LogP contribution in [0.1, 0.15) is 44.9 Å². The van der Waals surface area contributed by atoms with Crippen molar-refractivity contribution in [1.82, 2.24) is 10.2 Å². The van der Waals surface area contributed by atoms with Gasteiger partial charge in [0.15, 0.2) is 0 Å². The van der Waals surface area contributed by atoms with E-state index in [1.807, 2.05) is 4.90 Å². The number of likely N-dealkylation sites (tertiary alicyclic amines) is 1. The van der Waals surface area contributed by atoms with Crippen LogP contribution in [-0.2, 0) is 9.59 Å². The lowest BCUT2D eigenvalue weighted by Crippen LogP contribution is -2.40. The summed E-state index contributed by atoms with van der Waals surface area (Å²) in [5.41, 5.74) is 0. The number of nitrogens with zero attached hydrogens (tertiary/aromatic N) is 1. The molecule has 3 fully saturated rings. The maximum atomic E-state index is 12.2. The Balaban J connectivity index is 1.48. The number of hydrogen-bond acceptors (Lipinski definition) is 2. The average Bonchev–Trinajstić information content (AvgIpc) is 2.90. The molecule has 1 atom stereocenters. The highest BCUT2D eigenvalue weighted by Gasteiger charge is 2.35. The Kier molecular flexibility index (Phi) is 3.27. The summed E-state index contributed by atoms with van der Waals surface area (Å²) in [5, 5.41) is 3.08. The first kappa shape index (κ1) is 12.0. The van der Waals surface area contributed by atoms with Crippen LogP contribution in [-0.4, -0.2) is 35.8 Å². The summed E-state index contributed by atoms with van der Waals surface area (Å²) in [6.45, 7) is 1.55. The van der Waals surface area contributed by atoms with Gasteiger partial charge in [0, 0.05) is 31.0 Å². The van der Waals surface area contributed by atoms with Crippen molar-refractivity contribution in [2.24, 2.45) is 11.8 Å². The van der Waals surface area contributed by atoms with Gasteiger partial charge in [-0.1, -0.05) is 12.8 Å². The Morgan fingerprint density at radius 1 is 0.944 bits per heavy atom. The van der Waals surface area contributed by atoms with Gasteiger partial charge in [0.1, 0.15) is 0 Å². The van der Waals surface area contributed by atoms with Crippen molar-refractivity contribution in [2.45, 2.75) is 51.0 Å². The number of nitrogens with one attached hydrogen (secondary N) is 1. The van der Waals surface area contributed by atoms with E-state index in [2.05, 4.69) is 5.32 Å². The van der Waals surface area contributed by atoms with Crippen molar-refractivity contribution >= 4 is 11.8 Å². The van der Waals surface area contributed by atoms with E-state index in [9.17, 15) is 9.59 Å². The van der Waals surface area contributed by atoms with E-state index in [-0.39, 0.29) is 23.8 Å². The molecule has 3 rings (SSSR count). The fraction of sp³-hybridized carbons (Fsp3) is 0.857. The molecule has 18 heavy (non-hydrogen) atoms. The highest BCUT2D eigenvalue weighted by atomic mass is 16.2. The SMILES string of the molecule is O=C(NC1CCN(C(=O)C2CCCC2)C1)C1CC1. The first-order chi connectivity index (χ1) is 8.74. The minimum Gasteiger partial charge on any atom is -0.351 e. The van der Waals surface area contributed by atoms with Crippen LogP contribution in [0.4, 0.5) is 0 Å². The lowest BCUT2D eigenvalue weighted by atomic mass is 10.1. The minimum atomic E-state index is 0.198. The van der Waals surface area contributed by atoms with E-state index < -0.39 is 0 Å². The molecule has 0 aromatic rings. The van der Waals surface area contributed by atoms with Gasteiger partial charge in [-0.15, -0.1) is 0 Å². The molecule has 2 amide bonds. The molecule has 3 aliphatic rings. The van der Waals surface area contributed by atoms with E-state index in [0.717, 1.165) is 45.2 Å². The number of carbonyl (C=O) groups is 2. The maximum Gasteiger partial charge on any atom is 0.225 e. The van der Waals surface area contributed by atoms with Crippen molar-refractivity contribution in [1.29, 1.82) is 0 Å². The molecular formula is C14H22N2O2. The summed E-state index contributed by atoms with van der Waals surface area (Å²) >= 11 is 0. The highest BCUT2D eigenvalue weighted by Crippen LogP contribution is 2.30. The summed E-state index contributed by atoms with van der Waals surface area (Å²) in [5.74, 6) is 1.07. The first-order valence-electron chi connectivity index (χ1n) is 7.33. The van der Waals surface area contributed by atoms with Crippen LogP contribution in [0, 0.1) is 11.8 Å². The summed E-state index contributed by atoms with van der Waals surface area (Å²) < 4.78 is 0. The Bertz CT molecular complexity index is 346. The molecule has 0 bridgehead atoms. The molecule has 1 saturated heterocycles. The summed E-state index contributed by atoms with van der Waals surface area (Å²) in [4.78, 5) is 25.9. The van der Waals surface area contributed by atoms with Crippen LogP contribution in [0.3, 0.4) is 0 Å². The quantitative estimate of drug-likeness (QED) is 0.821. The molecule has 1 heterocycles. The second kappa shape index (κ2) is 4.90. The number of amides is 2. The van der Waals surface area contributed by atoms with Crippen LogP contribution in [0.2, 0.25) is 0 Å². The number of carbonyl (C=O) groups excluding carboxylic acids is 2. The van der Waals surface area contributed by atoms with E-state index in [1.54, 1.807) is 0 Å². The third-order valence-corrected chi connectivity index (χ3v) is 4.50. The van der Waals surface area contributed by atoms with Gasteiger partial charge < -0.3 is 10.2 Å². The van der Waals surface area contributed by atoms with E-state index in [0.29, 0.717) is 5.91 Å². The van der Waals surface area contributed by atoms with Crippen LogP contribution >= 0.6 is 0 Å². The van der Waals surface area contributed by atoms with Crippen LogP contribution in [0.5, 0.6) is 0 Å². The zero-order valence-corrected chi connectivity index (χ0v) is 10.9. The third kappa shape index (κ3) is 2.52. The highest BCUT2D eigenvalue weighted by molar-refractivity contribution is 5.82. The Labute approximate surface area is 108 Å². The van der Waals surface area contributed by atoms with Crippen molar-refractivity contribution in [3.05, 3.63) is 0 Å². The number of rotatable bonds is 3. The van der Waals surface area contributed by atoms with Gasteiger partial charge in [0.2, 0.25) is 11.8 Å². The van der Waals surface area contributed by atoms with Gasteiger partial charge in [-0.05, 0) is 32.1 Å². The standard InChI is InChI=1S/C14H22N2O2/c17-13(10-5-6-10)15-12-7-8-16(9-12)14(18)11-3-1-2-4-11/h10-12H,1-9H2,(H,15,17). The fourth-order valence-corrected chi connectivity index (χ4v) is 3.17. The normalized spacial score (nSPS) is 28.7. The average molecular weight is 250 g/mol. The zero-order valence-electron chi connectivity index (χ0n) is 10.9. The fourth-order valence-electron chi connectivity index (χ4n) is 3.17. The summed E-state index contributed by atoms with van der Waals surface area (Å²) in [6, 6.07) is 0.198. The molecule has 4 nitrogen and oxygen atoms in total. The van der Waals surface area contributed by atoms with Crippen LogP contribution in [0.15, 0.2) is 0 Å². The van der Waals surface area contributed by atoms with E-state index >= 15 is 0 Å². The van der Waals surface area contributed by atoms with Gasteiger partial charge in [-0.3, -0.25) is 9.59 Å². The maximum absolute atomic E-state index is 12.2. The molecule has 4 heteroatoms. The lowest BCUT2D eigenvalue weighted by Gasteiger charge is -2.20. The molecular weight excluding hydrogens is 228 g/mol. The summed E-state index contributed by atoms with van der Waals surface area (Å²) in [6.07, 6.45) is 7.55. The van der Waals surface area contributed by atoms with E-state index in [1.165, 1.54) is 12.8 Å². The Hall–Kier alpha value is -1.06. The minimum absolute atomic E-state index is 0.198. The lowest BCUT2D eigenvalue weighted by molar-refractivity contribution is -0.134. The van der Waals surface area contributed by atoms with E-state index in [4.69, 9.17) is 0 Å². The third-order valence-electron chi connectivity index (χ3n) is 4.50. The smallest absolute Gasteiger partial charge is 0.225 e. The molecule has 0 aromatic heterocycles. The second-order valence-electron chi connectivity index (χ2n) is 6.03. The predicted molar refractivity (Wildman–Crippen MR) is 67.8 cm³/mol. The molecule has 1 aliphatic heterocycles. The van der Waals surface area contributed by atoms with Crippen molar-refractivity contribution in [2.75, 3.05) is 13.1 Å². The predicted octanol–water partition coefficient (Wildman–Crippen LogP) is 1.30. The van der Waals surface area contributed by atoms with Crippen molar-refractivity contribution < 1.29 is 9.59 Å². The molecule has 1 N–H and O–H groups in total. The Morgan fingerprint density at radius 3 is 2.33 bits per heavy atom. The molecule has 1 unspecified atom stereocenters. The van der Waals surface area contributed by atoms with Gasteiger partial charge in [-0.2, -0.15) is 0 Å². The topological polar surface area (TPSA) is 49.4 Å². The first-order valence-corrected chi connectivity index (χ1v) is 7.33. The zero-order chi connectivity index (χ0) is 12.5. The second-order valence-corrected chi connectivity index (χ2v) is 6.03. The van der Waals surface area contributed by atoms with Crippen molar-refractivity contribution in [3.8, 4) is 0 Å². The molecule has 100 valence electrons. The van der Waals surface area contributed by atoms with Gasteiger partial charge in [0.05, 0.1) is 0 Å². The van der Waals surface area contributed by atoms with Crippen LogP contribution in [0.25, 0.3) is 0 Å². The molecule has 0 spiro atoms.